The van der Waals surface area contributed by atoms with Crippen LogP contribution in [0, 0.1) is 6.92 Å². The van der Waals surface area contributed by atoms with Crippen LogP contribution in [0.2, 0.25) is 0 Å². The van der Waals surface area contributed by atoms with Gasteiger partial charge in [-0.15, -0.1) is 11.3 Å². The minimum Gasteiger partial charge on any atom is -0.462 e. The first kappa shape index (κ1) is 26.4. The molecule has 0 bridgehead atoms. The number of thioether (sulfide) groups is 1. The van der Waals surface area contributed by atoms with Gasteiger partial charge in [0.05, 0.1) is 18.6 Å². The number of nitrogens with one attached hydrogen (secondary N) is 1. The van der Waals surface area contributed by atoms with Gasteiger partial charge < -0.3 is 10.1 Å². The number of benzene rings is 1. The average molecular weight is 538 g/mol. The fourth-order valence-corrected chi connectivity index (χ4v) is 5.54. The lowest BCUT2D eigenvalue weighted by molar-refractivity contribution is -0.122. The number of rotatable bonds is 8. The molecule has 1 aliphatic rings. The van der Waals surface area contributed by atoms with Crippen molar-refractivity contribution in [1.82, 2.24) is 14.7 Å². The summed E-state index contributed by atoms with van der Waals surface area (Å²) in [5.41, 5.74) is 3.93. The SMILES string of the molecule is CCOC(=O)c1c(-c2ccccc2)csc1NC(=O)CSC1=NC(=Cc2cnn(C)c2C)C(=O)N1CC. The van der Waals surface area contributed by atoms with Crippen LogP contribution in [0.4, 0.5) is 5.00 Å². The Hall–Kier alpha value is -3.70. The maximum atomic E-state index is 12.9. The lowest BCUT2D eigenvalue weighted by atomic mass is 10.0. The molecule has 0 saturated heterocycles. The lowest BCUT2D eigenvalue weighted by Crippen LogP contribution is -2.31. The molecular weight excluding hydrogens is 510 g/mol. The van der Waals surface area contributed by atoms with Gasteiger partial charge in [-0.25, -0.2) is 9.79 Å². The predicted molar refractivity (Wildman–Crippen MR) is 148 cm³/mol. The highest BCUT2D eigenvalue weighted by Crippen LogP contribution is 2.36. The van der Waals surface area contributed by atoms with Crippen molar-refractivity contribution < 1.29 is 19.1 Å². The first-order valence-electron chi connectivity index (χ1n) is 11.7. The van der Waals surface area contributed by atoms with Gasteiger partial charge in [0, 0.05) is 35.8 Å². The molecule has 0 spiro atoms. The molecule has 0 saturated carbocycles. The summed E-state index contributed by atoms with van der Waals surface area (Å²) in [6, 6.07) is 9.47. The lowest BCUT2D eigenvalue weighted by Gasteiger charge is -2.14. The highest BCUT2D eigenvalue weighted by atomic mass is 32.2. The molecular formula is C26H27N5O4S2. The second kappa shape index (κ2) is 11.6. The number of aromatic nitrogens is 2. The van der Waals surface area contributed by atoms with Crippen molar-refractivity contribution in [2.45, 2.75) is 20.8 Å². The van der Waals surface area contributed by atoms with E-state index in [-0.39, 0.29) is 24.2 Å². The van der Waals surface area contributed by atoms with Gasteiger partial charge in [0.2, 0.25) is 5.91 Å². The van der Waals surface area contributed by atoms with E-state index in [1.54, 1.807) is 23.9 Å². The molecule has 1 N–H and O–H groups in total. The van der Waals surface area contributed by atoms with E-state index in [1.165, 1.54) is 28.0 Å². The Balaban J connectivity index is 1.50. The third kappa shape index (κ3) is 5.67. The quantitative estimate of drug-likeness (QED) is 0.333. The van der Waals surface area contributed by atoms with Crippen LogP contribution in [0.15, 0.2) is 52.6 Å². The van der Waals surface area contributed by atoms with Crippen LogP contribution in [0.1, 0.15) is 35.5 Å². The van der Waals surface area contributed by atoms with Crippen molar-refractivity contribution in [1.29, 1.82) is 0 Å². The number of aliphatic imine (C=N–C) groups is 1. The van der Waals surface area contributed by atoms with Crippen LogP contribution in [0.5, 0.6) is 0 Å². The number of hydrogen-bond donors (Lipinski definition) is 1. The number of aryl methyl sites for hydroxylation is 1. The zero-order chi connectivity index (χ0) is 26.5. The number of ether oxygens (including phenoxy) is 1. The van der Waals surface area contributed by atoms with Crippen LogP contribution in [0.3, 0.4) is 0 Å². The predicted octanol–water partition coefficient (Wildman–Crippen LogP) is 4.56. The number of amidine groups is 1. The van der Waals surface area contributed by atoms with Gasteiger partial charge in [0.15, 0.2) is 5.17 Å². The third-order valence-electron chi connectivity index (χ3n) is 5.73. The standard InChI is InChI=1S/C26H27N5O4S2/c1-5-31-24(33)20(12-18-13-27-30(4)16(18)3)28-26(31)37-15-21(32)29-23-22(25(34)35-6-2)19(14-36-23)17-10-8-7-9-11-17/h7-14H,5-6,15H2,1-4H3,(H,29,32). The van der Waals surface area contributed by atoms with Crippen LogP contribution >= 0.6 is 23.1 Å². The van der Waals surface area contributed by atoms with Gasteiger partial charge >= 0.3 is 5.97 Å². The number of carbonyl (C=O) groups excluding carboxylic acids is 3. The Morgan fingerprint density at radius 1 is 1.22 bits per heavy atom. The number of likely N-dealkylation sites (N-methyl/N-ethyl adjacent to an activating group) is 1. The largest absolute Gasteiger partial charge is 0.462 e. The van der Waals surface area contributed by atoms with E-state index in [9.17, 15) is 14.4 Å². The van der Waals surface area contributed by atoms with Crippen LogP contribution < -0.4 is 5.32 Å². The molecule has 2 aromatic heterocycles. The summed E-state index contributed by atoms with van der Waals surface area (Å²) in [6.45, 7) is 6.16. The maximum Gasteiger partial charge on any atom is 0.341 e. The zero-order valence-electron chi connectivity index (χ0n) is 21.0. The smallest absolute Gasteiger partial charge is 0.341 e. The molecule has 3 heterocycles. The summed E-state index contributed by atoms with van der Waals surface area (Å²) in [5.74, 6) is -1.01. The Bertz CT molecular complexity index is 1390. The van der Waals surface area contributed by atoms with E-state index in [1.807, 2.05) is 56.6 Å². The fraction of sp³-hybridized carbons (Fsp3) is 0.269. The van der Waals surface area contributed by atoms with Crippen LogP contribution in [-0.2, 0) is 21.4 Å². The van der Waals surface area contributed by atoms with Gasteiger partial charge in [-0.1, -0.05) is 42.1 Å². The minimum absolute atomic E-state index is 0.0165. The average Bonchev–Trinajstić information content (AvgIpc) is 3.55. The second-order valence-electron chi connectivity index (χ2n) is 8.06. The van der Waals surface area contributed by atoms with Crippen LogP contribution in [0.25, 0.3) is 17.2 Å². The molecule has 2 amide bonds. The van der Waals surface area contributed by atoms with E-state index >= 15 is 0 Å². The van der Waals surface area contributed by atoms with Crippen molar-refractivity contribution in [2.75, 3.05) is 24.2 Å². The highest BCUT2D eigenvalue weighted by Gasteiger charge is 2.30. The van der Waals surface area contributed by atoms with E-state index < -0.39 is 5.97 Å². The van der Waals surface area contributed by atoms with Crippen molar-refractivity contribution in [3.63, 3.8) is 0 Å². The summed E-state index contributed by atoms with van der Waals surface area (Å²) in [7, 11) is 1.83. The van der Waals surface area contributed by atoms with Crippen molar-refractivity contribution in [3.8, 4) is 11.1 Å². The van der Waals surface area contributed by atoms with Crippen molar-refractivity contribution in [2.24, 2.45) is 12.0 Å². The van der Waals surface area contributed by atoms with Gasteiger partial charge in [0.1, 0.15) is 16.3 Å². The summed E-state index contributed by atoms with van der Waals surface area (Å²) >= 11 is 2.44. The molecule has 0 fully saturated rings. The molecule has 0 unspecified atom stereocenters. The molecule has 0 aliphatic carbocycles. The first-order valence-corrected chi connectivity index (χ1v) is 13.6. The molecule has 11 heteroatoms. The molecule has 9 nitrogen and oxygen atoms in total. The Kier molecular flexibility index (Phi) is 8.24. The number of thiophene rings is 1. The molecule has 4 rings (SSSR count). The summed E-state index contributed by atoms with van der Waals surface area (Å²) in [6.07, 6.45) is 3.40. The number of carbonyl (C=O) groups is 3. The number of nitrogens with zero attached hydrogens (tertiary/aromatic N) is 4. The third-order valence-corrected chi connectivity index (χ3v) is 7.61. The van der Waals surface area contributed by atoms with E-state index in [0.29, 0.717) is 33.5 Å². The number of amides is 2. The van der Waals surface area contributed by atoms with Gasteiger partial charge in [-0.2, -0.15) is 5.10 Å². The van der Waals surface area contributed by atoms with Crippen LogP contribution in [-0.4, -0.2) is 56.5 Å². The zero-order valence-corrected chi connectivity index (χ0v) is 22.6. The maximum absolute atomic E-state index is 12.9. The minimum atomic E-state index is -0.492. The molecule has 1 aromatic carbocycles. The van der Waals surface area contributed by atoms with Crippen molar-refractivity contribution in [3.05, 3.63) is 64.4 Å². The molecule has 37 heavy (non-hydrogen) atoms. The Morgan fingerprint density at radius 3 is 2.62 bits per heavy atom. The number of anilines is 1. The van der Waals surface area contributed by atoms with Gasteiger partial charge in [-0.3, -0.25) is 19.2 Å². The first-order chi connectivity index (χ1) is 17.8. The van der Waals surface area contributed by atoms with E-state index in [2.05, 4.69) is 15.4 Å². The van der Waals surface area contributed by atoms with Crippen molar-refractivity contribution >= 4 is 57.1 Å². The second-order valence-corrected chi connectivity index (χ2v) is 9.88. The molecule has 1 aliphatic heterocycles. The highest BCUT2D eigenvalue weighted by molar-refractivity contribution is 8.14. The molecule has 0 atom stereocenters. The summed E-state index contributed by atoms with van der Waals surface area (Å²) < 4.78 is 6.99. The molecule has 192 valence electrons. The Morgan fingerprint density at radius 2 is 1.97 bits per heavy atom. The molecule has 0 radical (unpaired) electrons. The van der Waals surface area contributed by atoms with E-state index in [0.717, 1.165) is 16.8 Å². The topological polar surface area (TPSA) is 106 Å². The van der Waals surface area contributed by atoms with Gasteiger partial charge in [0.25, 0.3) is 5.91 Å². The van der Waals surface area contributed by atoms with Gasteiger partial charge in [-0.05, 0) is 32.4 Å². The summed E-state index contributed by atoms with van der Waals surface area (Å²) in [4.78, 5) is 44.5. The molecule has 3 aromatic rings. The normalized spacial score (nSPS) is 14.3. The number of esters is 1. The Labute approximate surface area is 223 Å². The number of hydrogen-bond acceptors (Lipinski definition) is 8. The van der Waals surface area contributed by atoms with E-state index in [4.69, 9.17) is 4.74 Å². The monoisotopic (exact) mass is 537 g/mol. The summed E-state index contributed by atoms with van der Waals surface area (Å²) in [5, 5.41) is 9.76. The fourth-order valence-electron chi connectivity index (χ4n) is 3.70.